The van der Waals surface area contributed by atoms with Crippen molar-refractivity contribution in [2.75, 3.05) is 11.2 Å². The van der Waals surface area contributed by atoms with Gasteiger partial charge in [0.1, 0.15) is 18.0 Å². The molecule has 2 rings (SSSR count). The molecule has 6 heteroatoms. The Morgan fingerprint density at radius 3 is 2.65 bits per heavy atom. The Bertz CT molecular complexity index is 521. The number of carbonyl (C=O) groups excluding carboxylic acids is 1. The summed E-state index contributed by atoms with van der Waals surface area (Å²) in [5.74, 6) is 0.531. The molecule has 0 saturated carbocycles. The normalized spacial score (nSPS) is 10.2. The number of nitrogens with zero attached hydrogens (tertiary/aromatic N) is 3. The quantitative estimate of drug-likeness (QED) is 0.845. The molecule has 1 aromatic heterocycles. The van der Waals surface area contributed by atoms with E-state index in [0.717, 1.165) is 11.5 Å². The van der Waals surface area contributed by atoms with E-state index in [4.69, 9.17) is 11.6 Å². The highest BCUT2D eigenvalue weighted by molar-refractivity contribution is 6.29. The van der Waals surface area contributed by atoms with Crippen molar-refractivity contribution in [3.63, 3.8) is 0 Å². The molecule has 0 bridgehead atoms. The van der Waals surface area contributed by atoms with Crippen LogP contribution in [0.1, 0.15) is 5.82 Å². The fourth-order valence-electron chi connectivity index (χ4n) is 1.43. The Balaban J connectivity index is 2.19. The molecule has 88 valence electrons. The highest BCUT2D eigenvalue weighted by atomic mass is 35.5. The zero-order valence-electron chi connectivity index (χ0n) is 9.22. The molecule has 2 aromatic rings. The molecule has 0 aliphatic carbocycles. The monoisotopic (exact) mass is 250 g/mol. The zero-order chi connectivity index (χ0) is 12.3. The lowest BCUT2D eigenvalue weighted by molar-refractivity contribution is -0.113. The summed E-state index contributed by atoms with van der Waals surface area (Å²) in [6.07, 6.45) is 1.50. The van der Waals surface area contributed by atoms with Gasteiger partial charge in [0.25, 0.3) is 0 Å². The molecule has 0 saturated heterocycles. The maximum Gasteiger partial charge on any atom is 0.239 e. The number of aryl methyl sites for hydroxylation is 1. The van der Waals surface area contributed by atoms with Gasteiger partial charge in [-0.3, -0.25) is 4.79 Å². The molecule has 1 aromatic carbocycles. The number of carbonyl (C=O) groups is 1. The van der Waals surface area contributed by atoms with E-state index in [1.807, 2.05) is 19.1 Å². The fourth-order valence-corrected chi connectivity index (χ4v) is 1.50. The molecular weight excluding hydrogens is 240 g/mol. The molecule has 17 heavy (non-hydrogen) atoms. The summed E-state index contributed by atoms with van der Waals surface area (Å²) < 4.78 is 1.72. The van der Waals surface area contributed by atoms with Gasteiger partial charge < -0.3 is 5.32 Å². The first kappa shape index (κ1) is 11.6. The summed E-state index contributed by atoms with van der Waals surface area (Å²) in [7, 11) is 0. The van der Waals surface area contributed by atoms with Crippen LogP contribution in [0.5, 0.6) is 0 Å². The summed E-state index contributed by atoms with van der Waals surface area (Å²) >= 11 is 5.40. The van der Waals surface area contributed by atoms with Crippen molar-refractivity contribution in [2.45, 2.75) is 6.92 Å². The Labute approximate surface area is 103 Å². The van der Waals surface area contributed by atoms with Gasteiger partial charge in [-0.25, -0.2) is 9.67 Å². The van der Waals surface area contributed by atoms with Gasteiger partial charge in [-0.1, -0.05) is 0 Å². The maximum absolute atomic E-state index is 11.1. The summed E-state index contributed by atoms with van der Waals surface area (Å²) in [4.78, 5) is 15.1. The topological polar surface area (TPSA) is 59.8 Å². The number of rotatable bonds is 3. The minimum absolute atomic E-state index is 0.0517. The lowest BCUT2D eigenvalue weighted by atomic mass is 10.3. The third kappa shape index (κ3) is 2.62. The molecule has 1 N–H and O–H groups in total. The highest BCUT2D eigenvalue weighted by Crippen LogP contribution is 2.13. The fraction of sp³-hybridized carbons (Fsp3) is 0.182. The predicted octanol–water partition coefficient (Wildman–Crippen LogP) is 1.75. The van der Waals surface area contributed by atoms with Crippen molar-refractivity contribution in [3.05, 3.63) is 36.4 Å². The number of hydrogen-bond acceptors (Lipinski definition) is 3. The van der Waals surface area contributed by atoms with Crippen molar-refractivity contribution >= 4 is 23.2 Å². The Kier molecular flexibility index (Phi) is 3.39. The minimum atomic E-state index is -0.226. The van der Waals surface area contributed by atoms with Gasteiger partial charge in [-0.15, -0.1) is 11.6 Å². The van der Waals surface area contributed by atoms with Crippen LogP contribution < -0.4 is 5.32 Å². The van der Waals surface area contributed by atoms with Crippen LogP contribution in [0.15, 0.2) is 30.6 Å². The van der Waals surface area contributed by atoms with Gasteiger partial charge in [-0.2, -0.15) is 5.10 Å². The lowest BCUT2D eigenvalue weighted by Gasteiger charge is -2.05. The van der Waals surface area contributed by atoms with Crippen LogP contribution in [0.2, 0.25) is 0 Å². The molecule has 0 spiro atoms. The van der Waals surface area contributed by atoms with Crippen molar-refractivity contribution in [3.8, 4) is 5.69 Å². The van der Waals surface area contributed by atoms with Gasteiger partial charge in [0.05, 0.1) is 5.69 Å². The second-order valence-electron chi connectivity index (χ2n) is 3.45. The molecule has 1 amide bonds. The van der Waals surface area contributed by atoms with Gasteiger partial charge in [-0.05, 0) is 31.2 Å². The standard InChI is InChI=1S/C11H11ClN4O/c1-8-13-7-14-16(8)10-4-2-9(3-5-10)15-11(17)6-12/h2-5,7H,6H2,1H3,(H,15,17). The average molecular weight is 251 g/mol. The summed E-state index contributed by atoms with van der Waals surface area (Å²) in [5, 5.41) is 6.75. The Morgan fingerprint density at radius 1 is 1.41 bits per heavy atom. The molecule has 0 aliphatic rings. The SMILES string of the molecule is Cc1ncnn1-c1ccc(NC(=O)CCl)cc1. The molecule has 0 radical (unpaired) electrons. The number of hydrogen-bond donors (Lipinski definition) is 1. The van der Waals surface area contributed by atoms with Crippen molar-refractivity contribution in [1.82, 2.24) is 14.8 Å². The van der Waals surface area contributed by atoms with E-state index in [1.165, 1.54) is 6.33 Å². The molecule has 1 heterocycles. The van der Waals surface area contributed by atoms with Gasteiger partial charge in [0.2, 0.25) is 5.91 Å². The Morgan fingerprint density at radius 2 is 2.12 bits per heavy atom. The van der Waals surface area contributed by atoms with E-state index >= 15 is 0 Å². The summed E-state index contributed by atoms with van der Waals surface area (Å²) in [5.41, 5.74) is 1.60. The number of amides is 1. The minimum Gasteiger partial charge on any atom is -0.325 e. The van der Waals surface area contributed by atoms with Crippen LogP contribution in [0, 0.1) is 6.92 Å². The number of nitrogens with one attached hydrogen (secondary N) is 1. The third-order valence-electron chi connectivity index (χ3n) is 2.24. The second-order valence-corrected chi connectivity index (χ2v) is 3.71. The first-order valence-electron chi connectivity index (χ1n) is 5.03. The van der Waals surface area contributed by atoms with E-state index in [2.05, 4.69) is 15.4 Å². The van der Waals surface area contributed by atoms with Crippen LogP contribution in [-0.4, -0.2) is 26.6 Å². The van der Waals surface area contributed by atoms with E-state index in [9.17, 15) is 4.79 Å². The number of aromatic nitrogens is 3. The van der Waals surface area contributed by atoms with E-state index in [0.29, 0.717) is 5.69 Å². The van der Waals surface area contributed by atoms with E-state index in [1.54, 1.807) is 16.8 Å². The smallest absolute Gasteiger partial charge is 0.239 e. The van der Waals surface area contributed by atoms with Crippen molar-refractivity contribution in [2.24, 2.45) is 0 Å². The summed E-state index contributed by atoms with van der Waals surface area (Å²) in [6.45, 7) is 1.87. The number of halogens is 1. The highest BCUT2D eigenvalue weighted by Gasteiger charge is 2.03. The third-order valence-corrected chi connectivity index (χ3v) is 2.48. The van der Waals surface area contributed by atoms with E-state index in [-0.39, 0.29) is 11.8 Å². The first-order chi connectivity index (χ1) is 8.20. The van der Waals surface area contributed by atoms with Crippen LogP contribution in [0.25, 0.3) is 5.69 Å². The molecule has 0 aliphatic heterocycles. The zero-order valence-corrected chi connectivity index (χ0v) is 9.98. The van der Waals surface area contributed by atoms with Crippen LogP contribution in [-0.2, 0) is 4.79 Å². The summed E-state index contributed by atoms with van der Waals surface area (Å²) in [6, 6.07) is 7.29. The number of benzene rings is 1. The first-order valence-corrected chi connectivity index (χ1v) is 5.57. The molecule has 0 atom stereocenters. The molecule has 0 fully saturated rings. The predicted molar refractivity (Wildman–Crippen MR) is 65.4 cm³/mol. The lowest BCUT2D eigenvalue weighted by Crippen LogP contribution is -2.12. The van der Waals surface area contributed by atoms with Crippen LogP contribution in [0.4, 0.5) is 5.69 Å². The van der Waals surface area contributed by atoms with E-state index < -0.39 is 0 Å². The van der Waals surface area contributed by atoms with Crippen molar-refractivity contribution < 1.29 is 4.79 Å². The maximum atomic E-state index is 11.1. The van der Waals surface area contributed by atoms with Crippen molar-refractivity contribution in [1.29, 1.82) is 0 Å². The van der Waals surface area contributed by atoms with Gasteiger partial charge in [0, 0.05) is 5.69 Å². The number of anilines is 1. The number of alkyl halides is 1. The molecule has 0 unspecified atom stereocenters. The molecule has 5 nitrogen and oxygen atoms in total. The average Bonchev–Trinajstić information content (AvgIpc) is 2.76. The van der Waals surface area contributed by atoms with Gasteiger partial charge >= 0.3 is 0 Å². The second kappa shape index (κ2) is 4.97. The largest absolute Gasteiger partial charge is 0.325 e. The molecular formula is C11H11ClN4O. The Hall–Kier alpha value is -1.88. The van der Waals surface area contributed by atoms with Gasteiger partial charge in [0.15, 0.2) is 0 Å². The van der Waals surface area contributed by atoms with Crippen LogP contribution >= 0.6 is 11.6 Å². The van der Waals surface area contributed by atoms with Crippen LogP contribution in [0.3, 0.4) is 0 Å².